The average molecular weight is 206 g/mol. The monoisotopic (exact) mass is 206 g/mol. The molecule has 3 nitrogen and oxygen atoms in total. The molecule has 0 radical (unpaired) electrons. The fraction of sp³-hybridized carbons (Fsp3) is 0.250. The summed E-state index contributed by atoms with van der Waals surface area (Å²) < 4.78 is 5.18. The number of allylic oxidation sites excluding steroid dienone is 1. The number of hydrogen-bond acceptors (Lipinski definition) is 2. The molecule has 0 aromatic heterocycles. The van der Waals surface area contributed by atoms with Crippen molar-refractivity contribution >= 4 is 5.97 Å². The third-order valence-corrected chi connectivity index (χ3v) is 1.96. The molecule has 0 fully saturated rings. The van der Waals surface area contributed by atoms with Gasteiger partial charge in [0, 0.05) is 0 Å². The third-order valence-electron chi connectivity index (χ3n) is 1.96. The minimum absolute atomic E-state index is 0.567. The molecule has 1 unspecified atom stereocenters. The first kappa shape index (κ1) is 11.3. The van der Waals surface area contributed by atoms with E-state index in [9.17, 15) is 4.79 Å². The summed E-state index contributed by atoms with van der Waals surface area (Å²) in [5.74, 6) is -0.400. The van der Waals surface area contributed by atoms with E-state index < -0.39 is 12.1 Å². The van der Waals surface area contributed by atoms with Gasteiger partial charge in [-0.15, -0.1) is 6.58 Å². The van der Waals surface area contributed by atoms with Crippen molar-refractivity contribution in [2.45, 2.75) is 19.4 Å². The summed E-state index contributed by atoms with van der Waals surface area (Å²) in [5.41, 5.74) is 1.13. The number of carboxylic acids is 1. The predicted molar refractivity (Wildman–Crippen MR) is 58.1 cm³/mol. The molecule has 1 aromatic rings. The Morgan fingerprint density at radius 2 is 2.13 bits per heavy atom. The van der Waals surface area contributed by atoms with E-state index >= 15 is 0 Å². The molecule has 0 saturated heterocycles. The number of rotatable bonds is 5. The van der Waals surface area contributed by atoms with Gasteiger partial charge in [0.1, 0.15) is 5.75 Å². The van der Waals surface area contributed by atoms with Gasteiger partial charge in [-0.25, -0.2) is 4.79 Å². The van der Waals surface area contributed by atoms with E-state index in [-0.39, 0.29) is 0 Å². The van der Waals surface area contributed by atoms with E-state index in [0.717, 1.165) is 12.0 Å². The SMILES string of the molecule is C=CCc1ccc(OC(C)C(=O)O)cc1. The van der Waals surface area contributed by atoms with Crippen molar-refractivity contribution < 1.29 is 14.6 Å². The van der Waals surface area contributed by atoms with Crippen molar-refractivity contribution in [2.75, 3.05) is 0 Å². The summed E-state index contributed by atoms with van der Waals surface area (Å²) in [6.45, 7) is 5.14. The van der Waals surface area contributed by atoms with Crippen LogP contribution in [0.5, 0.6) is 5.75 Å². The molecular formula is C12H14O3. The van der Waals surface area contributed by atoms with Gasteiger partial charge in [-0.1, -0.05) is 18.2 Å². The first-order chi connectivity index (χ1) is 7.13. The summed E-state index contributed by atoms with van der Waals surface area (Å²) in [6, 6.07) is 7.31. The van der Waals surface area contributed by atoms with Gasteiger partial charge in [0.05, 0.1) is 0 Å². The molecule has 0 amide bonds. The Morgan fingerprint density at radius 3 is 2.60 bits per heavy atom. The Morgan fingerprint density at radius 1 is 1.53 bits per heavy atom. The van der Waals surface area contributed by atoms with Crippen LogP contribution in [0.1, 0.15) is 12.5 Å². The molecule has 1 rings (SSSR count). The predicted octanol–water partition coefficient (Wildman–Crippen LogP) is 2.27. The first-order valence-electron chi connectivity index (χ1n) is 4.72. The zero-order chi connectivity index (χ0) is 11.3. The Balaban J connectivity index is 2.64. The second kappa shape index (κ2) is 5.20. The minimum atomic E-state index is -0.967. The lowest BCUT2D eigenvalue weighted by Gasteiger charge is -2.10. The molecular weight excluding hydrogens is 192 g/mol. The highest BCUT2D eigenvalue weighted by atomic mass is 16.5. The summed E-state index contributed by atoms with van der Waals surface area (Å²) in [5, 5.41) is 8.64. The molecule has 0 aliphatic heterocycles. The standard InChI is InChI=1S/C12H14O3/c1-3-4-10-5-7-11(8-6-10)15-9(2)12(13)14/h3,5-9H,1,4H2,2H3,(H,13,14). The van der Waals surface area contributed by atoms with Crippen LogP contribution in [-0.2, 0) is 11.2 Å². The van der Waals surface area contributed by atoms with Crippen molar-refractivity contribution in [3.8, 4) is 5.75 Å². The summed E-state index contributed by atoms with van der Waals surface area (Å²) >= 11 is 0. The lowest BCUT2D eigenvalue weighted by Crippen LogP contribution is -2.22. The number of carbonyl (C=O) groups is 1. The van der Waals surface area contributed by atoms with Crippen LogP contribution in [0.3, 0.4) is 0 Å². The molecule has 15 heavy (non-hydrogen) atoms. The van der Waals surface area contributed by atoms with Gasteiger partial charge < -0.3 is 9.84 Å². The fourth-order valence-electron chi connectivity index (χ4n) is 1.13. The molecule has 0 heterocycles. The third kappa shape index (κ3) is 3.46. The molecule has 0 saturated carbocycles. The lowest BCUT2D eigenvalue weighted by atomic mass is 10.1. The summed E-state index contributed by atoms with van der Waals surface area (Å²) in [7, 11) is 0. The van der Waals surface area contributed by atoms with Crippen molar-refractivity contribution in [3.63, 3.8) is 0 Å². The van der Waals surface area contributed by atoms with Crippen LogP contribution in [0.15, 0.2) is 36.9 Å². The Labute approximate surface area is 89.0 Å². The zero-order valence-corrected chi connectivity index (χ0v) is 8.64. The van der Waals surface area contributed by atoms with Gasteiger partial charge in [-0.3, -0.25) is 0 Å². The van der Waals surface area contributed by atoms with Crippen LogP contribution in [0, 0.1) is 0 Å². The highest BCUT2D eigenvalue weighted by Crippen LogP contribution is 2.14. The normalized spacial score (nSPS) is 11.8. The number of aliphatic carboxylic acids is 1. The molecule has 0 aliphatic carbocycles. The topological polar surface area (TPSA) is 46.5 Å². The molecule has 3 heteroatoms. The second-order valence-corrected chi connectivity index (χ2v) is 3.24. The molecule has 80 valence electrons. The van der Waals surface area contributed by atoms with Gasteiger partial charge in [0.15, 0.2) is 6.10 Å². The van der Waals surface area contributed by atoms with Crippen LogP contribution in [0.2, 0.25) is 0 Å². The van der Waals surface area contributed by atoms with Crippen LogP contribution < -0.4 is 4.74 Å². The number of carboxylic acid groups (broad SMARTS) is 1. The van der Waals surface area contributed by atoms with Crippen molar-refractivity contribution in [1.29, 1.82) is 0 Å². The van der Waals surface area contributed by atoms with E-state index in [1.165, 1.54) is 6.92 Å². The molecule has 1 aromatic carbocycles. The van der Waals surface area contributed by atoms with Crippen molar-refractivity contribution in [2.24, 2.45) is 0 Å². The highest BCUT2D eigenvalue weighted by molar-refractivity contribution is 5.72. The minimum Gasteiger partial charge on any atom is -0.479 e. The van der Waals surface area contributed by atoms with E-state index in [2.05, 4.69) is 6.58 Å². The Hall–Kier alpha value is -1.77. The molecule has 0 aliphatic rings. The van der Waals surface area contributed by atoms with Gasteiger partial charge in [0.2, 0.25) is 0 Å². The van der Waals surface area contributed by atoms with E-state index in [0.29, 0.717) is 5.75 Å². The fourth-order valence-corrected chi connectivity index (χ4v) is 1.13. The van der Waals surface area contributed by atoms with Gasteiger partial charge >= 0.3 is 5.97 Å². The van der Waals surface area contributed by atoms with Gasteiger partial charge in [-0.2, -0.15) is 0 Å². The van der Waals surface area contributed by atoms with Crippen LogP contribution >= 0.6 is 0 Å². The summed E-state index contributed by atoms with van der Waals surface area (Å²) in [6.07, 6.45) is 1.79. The number of hydrogen-bond donors (Lipinski definition) is 1. The largest absolute Gasteiger partial charge is 0.479 e. The lowest BCUT2D eigenvalue weighted by molar-refractivity contribution is -0.144. The van der Waals surface area contributed by atoms with Gasteiger partial charge in [-0.05, 0) is 31.0 Å². The maximum Gasteiger partial charge on any atom is 0.344 e. The van der Waals surface area contributed by atoms with Crippen molar-refractivity contribution in [1.82, 2.24) is 0 Å². The van der Waals surface area contributed by atoms with Crippen molar-refractivity contribution in [3.05, 3.63) is 42.5 Å². The van der Waals surface area contributed by atoms with E-state index in [1.807, 2.05) is 18.2 Å². The van der Waals surface area contributed by atoms with E-state index in [4.69, 9.17) is 9.84 Å². The summed E-state index contributed by atoms with van der Waals surface area (Å²) in [4.78, 5) is 10.5. The average Bonchev–Trinajstić information content (AvgIpc) is 2.21. The molecule has 0 spiro atoms. The number of benzene rings is 1. The van der Waals surface area contributed by atoms with Crippen LogP contribution in [0.4, 0.5) is 0 Å². The second-order valence-electron chi connectivity index (χ2n) is 3.24. The molecule has 1 N–H and O–H groups in total. The Bertz CT molecular complexity index is 340. The van der Waals surface area contributed by atoms with Crippen LogP contribution in [-0.4, -0.2) is 17.2 Å². The number of ether oxygens (including phenoxy) is 1. The van der Waals surface area contributed by atoms with E-state index in [1.54, 1.807) is 12.1 Å². The maximum absolute atomic E-state index is 10.5. The molecule has 1 atom stereocenters. The smallest absolute Gasteiger partial charge is 0.344 e. The first-order valence-corrected chi connectivity index (χ1v) is 4.72. The maximum atomic E-state index is 10.5. The molecule has 0 bridgehead atoms. The zero-order valence-electron chi connectivity index (χ0n) is 8.64. The van der Waals surface area contributed by atoms with Gasteiger partial charge in [0.25, 0.3) is 0 Å². The Kier molecular flexibility index (Phi) is 3.92. The van der Waals surface area contributed by atoms with Crippen LogP contribution in [0.25, 0.3) is 0 Å². The quantitative estimate of drug-likeness (QED) is 0.752. The highest BCUT2D eigenvalue weighted by Gasteiger charge is 2.11.